The molecule has 0 radical (unpaired) electrons. The van der Waals surface area contributed by atoms with E-state index in [0.29, 0.717) is 26.3 Å². The summed E-state index contributed by atoms with van der Waals surface area (Å²) in [7, 11) is 0. The zero-order chi connectivity index (χ0) is 18.7. The first-order valence-electron chi connectivity index (χ1n) is 10.6. The van der Waals surface area contributed by atoms with E-state index in [1.165, 1.54) is 25.7 Å². The van der Waals surface area contributed by atoms with Gasteiger partial charge in [-0.25, -0.2) is 4.98 Å². The van der Waals surface area contributed by atoms with Gasteiger partial charge in [-0.15, -0.1) is 0 Å². The molecule has 0 saturated carbocycles. The van der Waals surface area contributed by atoms with Crippen LogP contribution in [0.3, 0.4) is 0 Å². The SMILES string of the molecule is CCc1cc(N2CCOC[C@](O)(CN3CCCC3)C2)nc(N2CCCC2)n1. The van der Waals surface area contributed by atoms with E-state index in [4.69, 9.17) is 14.7 Å². The summed E-state index contributed by atoms with van der Waals surface area (Å²) < 4.78 is 5.79. The average Bonchev–Trinajstić information content (AvgIpc) is 3.34. The molecule has 1 atom stereocenters. The van der Waals surface area contributed by atoms with Gasteiger partial charge >= 0.3 is 0 Å². The van der Waals surface area contributed by atoms with Crippen LogP contribution in [-0.2, 0) is 11.2 Å². The number of hydrogen-bond donors (Lipinski definition) is 1. The Labute approximate surface area is 162 Å². The number of aliphatic hydroxyl groups is 1. The van der Waals surface area contributed by atoms with Gasteiger partial charge in [0.05, 0.1) is 19.8 Å². The number of rotatable bonds is 5. The summed E-state index contributed by atoms with van der Waals surface area (Å²) in [5.41, 5.74) is 0.210. The van der Waals surface area contributed by atoms with E-state index in [0.717, 1.165) is 56.6 Å². The summed E-state index contributed by atoms with van der Waals surface area (Å²) in [5, 5.41) is 11.3. The molecule has 3 saturated heterocycles. The zero-order valence-electron chi connectivity index (χ0n) is 16.6. The topological polar surface area (TPSA) is 65.0 Å². The average molecular weight is 376 g/mol. The molecule has 27 heavy (non-hydrogen) atoms. The molecule has 7 heteroatoms. The Morgan fingerprint density at radius 1 is 1.04 bits per heavy atom. The highest BCUT2D eigenvalue weighted by molar-refractivity contribution is 5.47. The Morgan fingerprint density at radius 2 is 1.78 bits per heavy atom. The number of likely N-dealkylation sites (tertiary alicyclic amines) is 1. The molecule has 0 unspecified atom stereocenters. The number of nitrogens with zero attached hydrogens (tertiary/aromatic N) is 5. The first-order chi connectivity index (χ1) is 13.1. The van der Waals surface area contributed by atoms with Crippen molar-refractivity contribution in [3.8, 4) is 0 Å². The van der Waals surface area contributed by atoms with Crippen molar-refractivity contribution in [3.05, 3.63) is 11.8 Å². The van der Waals surface area contributed by atoms with Crippen LogP contribution in [0.4, 0.5) is 11.8 Å². The Kier molecular flexibility index (Phi) is 5.80. The van der Waals surface area contributed by atoms with Crippen molar-refractivity contribution < 1.29 is 9.84 Å². The molecule has 3 fully saturated rings. The third-order valence-electron chi connectivity index (χ3n) is 5.91. The van der Waals surface area contributed by atoms with E-state index in [-0.39, 0.29) is 0 Å². The fourth-order valence-electron chi connectivity index (χ4n) is 4.44. The van der Waals surface area contributed by atoms with Gasteiger partial charge in [0.15, 0.2) is 0 Å². The zero-order valence-corrected chi connectivity index (χ0v) is 16.6. The maximum atomic E-state index is 11.3. The highest BCUT2D eigenvalue weighted by Crippen LogP contribution is 2.25. The number of hydrogen-bond acceptors (Lipinski definition) is 7. The van der Waals surface area contributed by atoms with Gasteiger partial charge in [-0.1, -0.05) is 6.92 Å². The van der Waals surface area contributed by atoms with Gasteiger partial charge in [0.25, 0.3) is 0 Å². The normalized spacial score (nSPS) is 27.3. The van der Waals surface area contributed by atoms with Crippen LogP contribution in [0.2, 0.25) is 0 Å². The number of aromatic nitrogens is 2. The van der Waals surface area contributed by atoms with Crippen LogP contribution in [0.25, 0.3) is 0 Å². The van der Waals surface area contributed by atoms with Gasteiger partial charge in [0.2, 0.25) is 5.95 Å². The lowest BCUT2D eigenvalue weighted by Gasteiger charge is -2.34. The predicted molar refractivity (Wildman–Crippen MR) is 107 cm³/mol. The molecule has 3 aliphatic rings. The Bertz CT molecular complexity index is 631. The summed E-state index contributed by atoms with van der Waals surface area (Å²) in [6, 6.07) is 2.08. The highest BCUT2D eigenvalue weighted by atomic mass is 16.5. The molecule has 4 rings (SSSR count). The van der Waals surface area contributed by atoms with E-state index >= 15 is 0 Å². The molecule has 1 N–H and O–H groups in total. The summed E-state index contributed by atoms with van der Waals surface area (Å²) in [4.78, 5) is 16.5. The van der Waals surface area contributed by atoms with Crippen LogP contribution >= 0.6 is 0 Å². The van der Waals surface area contributed by atoms with E-state index in [2.05, 4.69) is 27.7 Å². The smallest absolute Gasteiger partial charge is 0.227 e. The first-order valence-corrected chi connectivity index (χ1v) is 10.6. The monoisotopic (exact) mass is 375 g/mol. The van der Waals surface area contributed by atoms with Gasteiger partial charge in [-0.2, -0.15) is 4.98 Å². The molecule has 0 amide bonds. The van der Waals surface area contributed by atoms with Crippen LogP contribution in [0, 0.1) is 0 Å². The maximum Gasteiger partial charge on any atom is 0.227 e. The molecule has 1 aromatic heterocycles. The first kappa shape index (κ1) is 18.9. The summed E-state index contributed by atoms with van der Waals surface area (Å²) in [6.45, 7) is 9.36. The molecule has 0 aliphatic carbocycles. The van der Waals surface area contributed by atoms with Crippen molar-refractivity contribution in [1.29, 1.82) is 0 Å². The summed E-state index contributed by atoms with van der Waals surface area (Å²) in [6.07, 6.45) is 5.76. The van der Waals surface area contributed by atoms with Gasteiger partial charge in [0.1, 0.15) is 11.4 Å². The third-order valence-corrected chi connectivity index (χ3v) is 5.91. The second kappa shape index (κ2) is 8.29. The fraction of sp³-hybridized carbons (Fsp3) is 0.800. The van der Waals surface area contributed by atoms with Gasteiger partial charge < -0.3 is 24.5 Å². The minimum absolute atomic E-state index is 0.394. The lowest BCUT2D eigenvalue weighted by atomic mass is 10.0. The van der Waals surface area contributed by atoms with E-state index in [1.807, 2.05) is 0 Å². The van der Waals surface area contributed by atoms with Crippen LogP contribution < -0.4 is 9.80 Å². The highest BCUT2D eigenvalue weighted by Gasteiger charge is 2.36. The summed E-state index contributed by atoms with van der Waals surface area (Å²) in [5.74, 6) is 1.77. The minimum Gasteiger partial charge on any atom is -0.384 e. The van der Waals surface area contributed by atoms with Crippen molar-refractivity contribution in [2.75, 3.05) is 68.8 Å². The number of ether oxygens (including phenoxy) is 1. The van der Waals surface area contributed by atoms with Crippen molar-refractivity contribution >= 4 is 11.8 Å². The number of aryl methyl sites for hydroxylation is 1. The minimum atomic E-state index is -0.855. The van der Waals surface area contributed by atoms with Gasteiger partial charge in [-0.3, -0.25) is 0 Å². The van der Waals surface area contributed by atoms with Crippen LogP contribution in [0.15, 0.2) is 6.07 Å². The van der Waals surface area contributed by atoms with E-state index in [1.54, 1.807) is 0 Å². The fourth-order valence-corrected chi connectivity index (χ4v) is 4.44. The molecule has 7 nitrogen and oxygen atoms in total. The Morgan fingerprint density at radius 3 is 2.52 bits per heavy atom. The quantitative estimate of drug-likeness (QED) is 0.832. The molecule has 4 heterocycles. The maximum absolute atomic E-state index is 11.3. The van der Waals surface area contributed by atoms with Crippen LogP contribution in [0.5, 0.6) is 0 Å². The molecule has 1 aromatic rings. The summed E-state index contributed by atoms with van der Waals surface area (Å²) >= 11 is 0. The third kappa shape index (κ3) is 4.52. The molecule has 0 bridgehead atoms. The molecule has 150 valence electrons. The Balaban J connectivity index is 1.55. The number of β-amino-alcohol motifs (C(OH)–C–C–N with tert-alkyl or cyclic N) is 1. The van der Waals surface area contributed by atoms with Crippen LogP contribution in [0.1, 0.15) is 38.3 Å². The largest absolute Gasteiger partial charge is 0.384 e. The van der Waals surface area contributed by atoms with Crippen molar-refractivity contribution in [1.82, 2.24) is 14.9 Å². The Hall–Kier alpha value is -1.44. The molecular formula is C20H33N5O2. The molecule has 0 spiro atoms. The second-order valence-corrected chi connectivity index (χ2v) is 8.25. The number of anilines is 2. The molecule has 0 aromatic carbocycles. The molecular weight excluding hydrogens is 342 g/mol. The molecule has 3 aliphatic heterocycles. The van der Waals surface area contributed by atoms with E-state index < -0.39 is 5.60 Å². The van der Waals surface area contributed by atoms with E-state index in [9.17, 15) is 5.11 Å². The van der Waals surface area contributed by atoms with Crippen molar-refractivity contribution in [2.24, 2.45) is 0 Å². The standard InChI is InChI=1S/C20H33N5O2/c1-2-17-13-18(22-19(21-17)24-9-5-6-10-24)25-11-12-27-16-20(26,15-25)14-23-7-3-4-8-23/h13,26H,2-12,14-16H2,1H3/t20-/m0/s1. The van der Waals surface area contributed by atoms with Crippen LogP contribution in [-0.4, -0.2) is 84.6 Å². The predicted octanol–water partition coefficient (Wildman–Crippen LogP) is 1.30. The lowest BCUT2D eigenvalue weighted by molar-refractivity contribution is -0.0439. The van der Waals surface area contributed by atoms with Gasteiger partial charge in [0, 0.05) is 37.9 Å². The van der Waals surface area contributed by atoms with Crippen molar-refractivity contribution in [3.63, 3.8) is 0 Å². The lowest BCUT2D eigenvalue weighted by Crippen LogP contribution is -2.52. The second-order valence-electron chi connectivity index (χ2n) is 8.25. The van der Waals surface area contributed by atoms with Crippen molar-refractivity contribution in [2.45, 2.75) is 44.6 Å². The van der Waals surface area contributed by atoms with Gasteiger partial charge in [-0.05, 0) is 45.2 Å².